The van der Waals surface area contributed by atoms with Crippen molar-refractivity contribution >= 4 is 17.5 Å². The first-order chi connectivity index (χ1) is 13.6. The Morgan fingerprint density at radius 2 is 1.75 bits per heavy atom. The number of rotatable bonds is 3. The Bertz CT molecular complexity index is 721. The highest BCUT2D eigenvalue weighted by Crippen LogP contribution is 2.43. The molecule has 1 saturated heterocycles. The van der Waals surface area contributed by atoms with E-state index >= 15 is 0 Å². The van der Waals surface area contributed by atoms with Gasteiger partial charge in [0, 0.05) is 44.6 Å². The van der Waals surface area contributed by atoms with Crippen molar-refractivity contribution in [2.45, 2.75) is 77.0 Å². The Kier molecular flexibility index (Phi) is 5.75. The molecule has 4 heteroatoms. The number of hydrogen-bond donors (Lipinski definition) is 0. The number of amides is 2. The number of para-hydroxylation sites is 1. The number of likely N-dealkylation sites (tertiary alicyclic amines) is 1. The number of anilines is 1. The maximum absolute atomic E-state index is 13.0. The molecule has 28 heavy (non-hydrogen) atoms. The summed E-state index contributed by atoms with van der Waals surface area (Å²) in [5, 5.41) is 0. The summed E-state index contributed by atoms with van der Waals surface area (Å²) in [4.78, 5) is 29.1. The van der Waals surface area contributed by atoms with Crippen LogP contribution in [0, 0.1) is 5.41 Å². The number of fused-ring (bicyclic) bond motifs is 1. The fraction of sp³-hybridized carbons (Fsp3) is 0.667. The first-order valence-electron chi connectivity index (χ1n) is 11.2. The highest BCUT2D eigenvalue weighted by molar-refractivity contribution is 5.94. The first kappa shape index (κ1) is 19.5. The van der Waals surface area contributed by atoms with E-state index in [1.165, 1.54) is 50.5 Å². The lowest BCUT2D eigenvalue weighted by atomic mass is 9.74. The van der Waals surface area contributed by atoms with Gasteiger partial charge in [-0.2, -0.15) is 0 Å². The van der Waals surface area contributed by atoms with Gasteiger partial charge in [0.05, 0.1) is 0 Å². The number of carbonyl (C=O) groups excluding carboxylic acids is 2. The smallest absolute Gasteiger partial charge is 0.223 e. The Morgan fingerprint density at radius 3 is 2.50 bits per heavy atom. The van der Waals surface area contributed by atoms with Crippen LogP contribution in [0.2, 0.25) is 0 Å². The lowest BCUT2D eigenvalue weighted by Gasteiger charge is -2.43. The summed E-state index contributed by atoms with van der Waals surface area (Å²) in [6.07, 6.45) is 11.9. The third kappa shape index (κ3) is 3.97. The van der Waals surface area contributed by atoms with E-state index in [-0.39, 0.29) is 11.8 Å². The minimum atomic E-state index is 0.0904. The molecule has 2 heterocycles. The summed E-state index contributed by atoms with van der Waals surface area (Å²) in [7, 11) is 0. The first-order valence-corrected chi connectivity index (χ1v) is 11.2. The van der Waals surface area contributed by atoms with Crippen LogP contribution in [-0.2, 0) is 9.59 Å². The highest BCUT2D eigenvalue weighted by Gasteiger charge is 2.37. The molecule has 1 aromatic rings. The van der Waals surface area contributed by atoms with Crippen LogP contribution < -0.4 is 4.90 Å². The van der Waals surface area contributed by atoms with Gasteiger partial charge in [-0.05, 0) is 49.1 Å². The van der Waals surface area contributed by atoms with Crippen LogP contribution in [0.3, 0.4) is 0 Å². The summed E-state index contributed by atoms with van der Waals surface area (Å²) in [5.74, 6) is 0.690. The maximum atomic E-state index is 13.0. The lowest BCUT2D eigenvalue weighted by Crippen LogP contribution is -2.46. The van der Waals surface area contributed by atoms with E-state index in [4.69, 9.17) is 0 Å². The summed E-state index contributed by atoms with van der Waals surface area (Å²) >= 11 is 0. The van der Waals surface area contributed by atoms with Crippen molar-refractivity contribution in [3.8, 4) is 0 Å². The molecular formula is C24H34N2O2. The molecule has 0 N–H and O–H groups in total. The minimum absolute atomic E-state index is 0.0904. The van der Waals surface area contributed by atoms with Gasteiger partial charge in [0.2, 0.25) is 11.8 Å². The molecule has 2 fully saturated rings. The molecule has 4 rings (SSSR count). The van der Waals surface area contributed by atoms with E-state index in [1.807, 2.05) is 23.1 Å². The molecule has 0 aromatic heterocycles. The van der Waals surface area contributed by atoms with Gasteiger partial charge >= 0.3 is 0 Å². The highest BCUT2D eigenvalue weighted by atomic mass is 16.2. The van der Waals surface area contributed by atoms with E-state index in [1.54, 1.807) is 6.92 Å². The van der Waals surface area contributed by atoms with Crippen LogP contribution in [0.1, 0.15) is 82.6 Å². The van der Waals surface area contributed by atoms with Gasteiger partial charge in [-0.25, -0.2) is 0 Å². The maximum Gasteiger partial charge on any atom is 0.223 e. The molecule has 2 amide bonds. The SMILES string of the molecule is CC(=O)N1C[C@H](CCC(=O)N2CCCC3(CCCCCC3)C2)c2ccccc21. The van der Waals surface area contributed by atoms with E-state index in [2.05, 4.69) is 11.0 Å². The second-order valence-electron chi connectivity index (χ2n) is 9.26. The number of benzene rings is 1. The predicted octanol–water partition coefficient (Wildman–Crippen LogP) is 4.88. The predicted molar refractivity (Wildman–Crippen MR) is 112 cm³/mol. The van der Waals surface area contributed by atoms with E-state index in [0.29, 0.717) is 24.3 Å². The number of piperidine rings is 1. The van der Waals surface area contributed by atoms with Crippen molar-refractivity contribution in [2.75, 3.05) is 24.5 Å². The second-order valence-corrected chi connectivity index (χ2v) is 9.26. The number of carbonyl (C=O) groups is 2. The molecular weight excluding hydrogens is 348 g/mol. The van der Waals surface area contributed by atoms with Crippen molar-refractivity contribution < 1.29 is 9.59 Å². The third-order valence-electron chi connectivity index (χ3n) is 7.34. The topological polar surface area (TPSA) is 40.6 Å². The Balaban J connectivity index is 1.37. The van der Waals surface area contributed by atoms with Gasteiger partial charge in [-0.1, -0.05) is 43.9 Å². The zero-order valence-electron chi connectivity index (χ0n) is 17.3. The quantitative estimate of drug-likeness (QED) is 0.747. The largest absolute Gasteiger partial charge is 0.342 e. The number of nitrogens with zero attached hydrogens (tertiary/aromatic N) is 2. The molecule has 0 bridgehead atoms. The van der Waals surface area contributed by atoms with Crippen molar-refractivity contribution in [1.82, 2.24) is 4.90 Å². The monoisotopic (exact) mass is 382 g/mol. The summed E-state index contributed by atoms with van der Waals surface area (Å²) in [5.41, 5.74) is 2.66. The van der Waals surface area contributed by atoms with Crippen LogP contribution >= 0.6 is 0 Å². The zero-order valence-corrected chi connectivity index (χ0v) is 17.3. The lowest BCUT2D eigenvalue weighted by molar-refractivity contribution is -0.135. The van der Waals surface area contributed by atoms with Crippen LogP contribution in [0.25, 0.3) is 0 Å². The molecule has 1 saturated carbocycles. The molecule has 1 atom stereocenters. The summed E-state index contributed by atoms with van der Waals surface area (Å²) in [6.45, 7) is 4.25. The Morgan fingerprint density at radius 1 is 1.04 bits per heavy atom. The molecule has 1 aromatic carbocycles. The third-order valence-corrected chi connectivity index (χ3v) is 7.34. The van der Waals surface area contributed by atoms with Gasteiger partial charge in [0.1, 0.15) is 0 Å². The van der Waals surface area contributed by atoms with Crippen LogP contribution in [-0.4, -0.2) is 36.3 Å². The van der Waals surface area contributed by atoms with Gasteiger partial charge in [-0.15, -0.1) is 0 Å². The van der Waals surface area contributed by atoms with Gasteiger partial charge in [0.25, 0.3) is 0 Å². The minimum Gasteiger partial charge on any atom is -0.342 e. The molecule has 2 aliphatic heterocycles. The average molecular weight is 383 g/mol. The van der Waals surface area contributed by atoms with E-state index in [0.717, 1.165) is 31.6 Å². The molecule has 1 aliphatic carbocycles. The zero-order chi connectivity index (χ0) is 19.6. The molecule has 3 aliphatic rings. The molecule has 0 radical (unpaired) electrons. The van der Waals surface area contributed by atoms with Crippen LogP contribution in [0.15, 0.2) is 24.3 Å². The number of hydrogen-bond acceptors (Lipinski definition) is 2. The van der Waals surface area contributed by atoms with Gasteiger partial charge in [0.15, 0.2) is 0 Å². The molecule has 1 spiro atoms. The van der Waals surface area contributed by atoms with Crippen LogP contribution in [0.5, 0.6) is 0 Å². The van der Waals surface area contributed by atoms with Crippen LogP contribution in [0.4, 0.5) is 5.69 Å². The molecule has 0 unspecified atom stereocenters. The fourth-order valence-corrected chi connectivity index (χ4v) is 5.80. The molecule has 152 valence electrons. The normalized spacial score (nSPS) is 24.1. The van der Waals surface area contributed by atoms with Gasteiger partial charge < -0.3 is 9.80 Å². The van der Waals surface area contributed by atoms with Crippen molar-refractivity contribution in [2.24, 2.45) is 5.41 Å². The Labute approximate surface area is 169 Å². The fourth-order valence-electron chi connectivity index (χ4n) is 5.80. The van der Waals surface area contributed by atoms with E-state index in [9.17, 15) is 9.59 Å². The van der Waals surface area contributed by atoms with Gasteiger partial charge in [-0.3, -0.25) is 9.59 Å². The molecule has 4 nitrogen and oxygen atoms in total. The summed E-state index contributed by atoms with van der Waals surface area (Å²) in [6, 6.07) is 8.17. The Hall–Kier alpha value is -1.84. The summed E-state index contributed by atoms with van der Waals surface area (Å²) < 4.78 is 0. The average Bonchev–Trinajstić information content (AvgIpc) is 2.94. The second kappa shape index (κ2) is 8.26. The van der Waals surface area contributed by atoms with Crippen molar-refractivity contribution in [3.05, 3.63) is 29.8 Å². The standard InChI is InChI=1S/C24H34N2O2/c1-19(27)26-17-20(21-9-4-5-10-22(21)26)11-12-23(28)25-16-8-15-24(18-25)13-6-2-3-7-14-24/h4-5,9-10,20H,2-3,6-8,11-18H2,1H3/t20-/m0/s1. The van der Waals surface area contributed by atoms with Crippen molar-refractivity contribution in [3.63, 3.8) is 0 Å². The van der Waals surface area contributed by atoms with E-state index < -0.39 is 0 Å². The van der Waals surface area contributed by atoms with Crippen molar-refractivity contribution in [1.29, 1.82) is 0 Å².